The van der Waals surface area contributed by atoms with Crippen molar-refractivity contribution in [3.8, 4) is 5.75 Å². The zero-order valence-electron chi connectivity index (χ0n) is 8.42. The molecule has 0 spiro atoms. The van der Waals surface area contributed by atoms with Gasteiger partial charge >= 0.3 is 0 Å². The van der Waals surface area contributed by atoms with Crippen molar-refractivity contribution in [3.05, 3.63) is 29.3 Å². The van der Waals surface area contributed by atoms with Crippen LogP contribution in [-0.2, 0) is 0 Å². The smallest absolute Gasteiger partial charge is 0.120 e. The summed E-state index contributed by atoms with van der Waals surface area (Å²) < 4.78 is 5.71. The first-order valence-electron chi connectivity index (χ1n) is 5.06. The molecule has 76 valence electrons. The van der Waals surface area contributed by atoms with Crippen LogP contribution >= 0.6 is 11.6 Å². The first-order chi connectivity index (χ1) is 6.68. The predicted molar refractivity (Wildman–Crippen MR) is 58.9 cm³/mol. The Labute approximate surface area is 90.0 Å². The van der Waals surface area contributed by atoms with Crippen molar-refractivity contribution in [2.24, 2.45) is 5.41 Å². The van der Waals surface area contributed by atoms with Gasteiger partial charge in [-0.15, -0.1) is 0 Å². The van der Waals surface area contributed by atoms with Gasteiger partial charge in [0, 0.05) is 10.4 Å². The van der Waals surface area contributed by atoms with E-state index in [0.717, 1.165) is 17.4 Å². The Kier molecular flexibility index (Phi) is 2.69. The van der Waals surface area contributed by atoms with Crippen molar-refractivity contribution in [3.63, 3.8) is 0 Å². The van der Waals surface area contributed by atoms with Crippen LogP contribution in [0.4, 0.5) is 0 Å². The Bertz CT molecular complexity index is 318. The molecule has 0 atom stereocenters. The Balaban J connectivity index is 1.91. The summed E-state index contributed by atoms with van der Waals surface area (Å²) in [4.78, 5) is 0. The molecule has 1 aliphatic rings. The van der Waals surface area contributed by atoms with Gasteiger partial charge in [-0.3, -0.25) is 0 Å². The topological polar surface area (TPSA) is 9.23 Å². The van der Waals surface area contributed by atoms with E-state index in [4.69, 9.17) is 16.3 Å². The molecular formula is C12H15ClO. The van der Waals surface area contributed by atoms with Crippen LogP contribution < -0.4 is 4.74 Å². The fraction of sp³-hybridized carbons (Fsp3) is 0.500. The molecule has 0 radical (unpaired) electrons. The summed E-state index contributed by atoms with van der Waals surface area (Å²) in [6, 6.07) is 7.59. The summed E-state index contributed by atoms with van der Waals surface area (Å²) in [6.07, 6.45) is 3.91. The first-order valence-corrected chi connectivity index (χ1v) is 5.44. The monoisotopic (exact) mass is 210 g/mol. The van der Waals surface area contributed by atoms with Gasteiger partial charge in [-0.25, -0.2) is 0 Å². The third kappa shape index (κ3) is 2.21. The molecule has 2 heteroatoms. The lowest BCUT2D eigenvalue weighted by Gasteiger charge is -2.37. The van der Waals surface area contributed by atoms with E-state index in [1.54, 1.807) is 0 Å². The van der Waals surface area contributed by atoms with Gasteiger partial charge in [-0.1, -0.05) is 31.0 Å². The second kappa shape index (κ2) is 3.82. The summed E-state index contributed by atoms with van der Waals surface area (Å²) in [7, 11) is 0. The lowest BCUT2D eigenvalue weighted by Crippen LogP contribution is -2.32. The van der Waals surface area contributed by atoms with Gasteiger partial charge in [0.25, 0.3) is 0 Å². The lowest BCUT2D eigenvalue weighted by atomic mass is 9.71. The van der Waals surface area contributed by atoms with E-state index >= 15 is 0 Å². The van der Waals surface area contributed by atoms with Crippen LogP contribution in [0, 0.1) is 5.41 Å². The number of hydrogen-bond donors (Lipinski definition) is 0. The molecule has 0 bridgehead atoms. The van der Waals surface area contributed by atoms with Crippen molar-refractivity contribution in [1.29, 1.82) is 0 Å². The van der Waals surface area contributed by atoms with Crippen LogP contribution in [0.25, 0.3) is 0 Å². The van der Waals surface area contributed by atoms with Gasteiger partial charge in [0.2, 0.25) is 0 Å². The number of halogens is 1. The first kappa shape index (κ1) is 9.85. The molecule has 1 saturated carbocycles. The molecule has 0 aliphatic heterocycles. The second-order valence-electron chi connectivity index (χ2n) is 4.41. The summed E-state index contributed by atoms with van der Waals surface area (Å²) >= 11 is 5.86. The lowest BCUT2D eigenvalue weighted by molar-refractivity contribution is 0.0776. The van der Waals surface area contributed by atoms with E-state index in [1.807, 2.05) is 24.3 Å². The molecule has 0 unspecified atom stereocenters. The van der Waals surface area contributed by atoms with Crippen molar-refractivity contribution in [2.45, 2.75) is 26.2 Å². The van der Waals surface area contributed by atoms with Gasteiger partial charge < -0.3 is 4.74 Å². The quantitative estimate of drug-likeness (QED) is 0.735. The standard InChI is InChI=1S/C12H15ClO/c1-12(6-3-7-12)9-14-11-5-2-4-10(13)8-11/h2,4-5,8H,3,6-7,9H2,1H3. The minimum Gasteiger partial charge on any atom is -0.493 e. The van der Waals surface area contributed by atoms with Crippen molar-refractivity contribution in [2.75, 3.05) is 6.61 Å². The summed E-state index contributed by atoms with van der Waals surface area (Å²) in [5.74, 6) is 0.880. The van der Waals surface area contributed by atoms with Crippen LogP contribution in [0.3, 0.4) is 0 Å². The number of ether oxygens (including phenoxy) is 1. The van der Waals surface area contributed by atoms with Gasteiger partial charge in [0.1, 0.15) is 5.75 Å². The van der Waals surface area contributed by atoms with E-state index in [-0.39, 0.29) is 0 Å². The molecule has 14 heavy (non-hydrogen) atoms. The molecule has 0 saturated heterocycles. The highest BCUT2D eigenvalue weighted by Crippen LogP contribution is 2.40. The molecule has 1 aromatic carbocycles. The fourth-order valence-electron chi connectivity index (χ4n) is 1.74. The van der Waals surface area contributed by atoms with Gasteiger partial charge in [0.05, 0.1) is 6.61 Å². The normalized spacial score (nSPS) is 18.7. The maximum Gasteiger partial charge on any atom is 0.120 e. The summed E-state index contributed by atoms with van der Waals surface area (Å²) in [5, 5.41) is 0.737. The highest BCUT2D eigenvalue weighted by molar-refractivity contribution is 6.30. The van der Waals surface area contributed by atoms with Crippen LogP contribution in [0.1, 0.15) is 26.2 Å². The van der Waals surface area contributed by atoms with Crippen LogP contribution in [0.15, 0.2) is 24.3 Å². The SMILES string of the molecule is CC1(COc2cccc(Cl)c2)CCC1. The van der Waals surface area contributed by atoms with Crippen molar-refractivity contribution < 1.29 is 4.74 Å². The van der Waals surface area contributed by atoms with E-state index in [0.29, 0.717) is 5.41 Å². The van der Waals surface area contributed by atoms with E-state index < -0.39 is 0 Å². The molecule has 1 aromatic rings. The molecular weight excluding hydrogens is 196 g/mol. The van der Waals surface area contributed by atoms with Crippen LogP contribution in [-0.4, -0.2) is 6.61 Å². The van der Waals surface area contributed by atoms with Gasteiger partial charge in [-0.05, 0) is 31.0 Å². The fourth-order valence-corrected chi connectivity index (χ4v) is 1.92. The Hall–Kier alpha value is -0.690. The van der Waals surface area contributed by atoms with E-state index in [2.05, 4.69) is 6.92 Å². The van der Waals surface area contributed by atoms with Gasteiger partial charge in [0.15, 0.2) is 0 Å². The van der Waals surface area contributed by atoms with E-state index in [9.17, 15) is 0 Å². The van der Waals surface area contributed by atoms with Gasteiger partial charge in [-0.2, -0.15) is 0 Å². The predicted octanol–water partition coefficient (Wildman–Crippen LogP) is 3.91. The van der Waals surface area contributed by atoms with Crippen molar-refractivity contribution >= 4 is 11.6 Å². The van der Waals surface area contributed by atoms with E-state index in [1.165, 1.54) is 19.3 Å². The maximum atomic E-state index is 5.86. The largest absolute Gasteiger partial charge is 0.493 e. The number of rotatable bonds is 3. The second-order valence-corrected chi connectivity index (χ2v) is 4.85. The van der Waals surface area contributed by atoms with Crippen LogP contribution in [0.5, 0.6) is 5.75 Å². The molecule has 0 aromatic heterocycles. The molecule has 0 amide bonds. The average molecular weight is 211 g/mol. The maximum absolute atomic E-state index is 5.86. The molecule has 1 aliphatic carbocycles. The minimum absolute atomic E-state index is 0.405. The highest BCUT2D eigenvalue weighted by Gasteiger charge is 2.32. The Morgan fingerprint density at radius 3 is 2.79 bits per heavy atom. The van der Waals surface area contributed by atoms with Crippen molar-refractivity contribution in [1.82, 2.24) is 0 Å². The Morgan fingerprint density at radius 2 is 2.21 bits per heavy atom. The molecule has 1 nitrogen and oxygen atoms in total. The van der Waals surface area contributed by atoms with Crippen LogP contribution in [0.2, 0.25) is 5.02 Å². The average Bonchev–Trinajstić information content (AvgIpc) is 2.12. The third-order valence-electron chi connectivity index (χ3n) is 2.94. The number of hydrogen-bond acceptors (Lipinski definition) is 1. The third-order valence-corrected chi connectivity index (χ3v) is 3.18. The molecule has 0 heterocycles. The Morgan fingerprint density at radius 1 is 1.43 bits per heavy atom. The molecule has 2 rings (SSSR count). The summed E-state index contributed by atoms with van der Waals surface area (Å²) in [6.45, 7) is 3.09. The zero-order valence-corrected chi connectivity index (χ0v) is 9.18. The summed E-state index contributed by atoms with van der Waals surface area (Å²) in [5.41, 5.74) is 0.405. The number of benzene rings is 1. The molecule has 0 N–H and O–H groups in total. The highest BCUT2D eigenvalue weighted by atomic mass is 35.5. The molecule has 1 fully saturated rings. The minimum atomic E-state index is 0.405. The zero-order chi connectivity index (χ0) is 10.0.